The Morgan fingerprint density at radius 2 is 1.96 bits per heavy atom. The Bertz CT molecular complexity index is 690. The molecule has 0 bridgehead atoms. The molecule has 1 amide bonds. The van der Waals surface area contributed by atoms with E-state index in [2.05, 4.69) is 10.6 Å². The number of rotatable bonds is 7. The Hall–Kier alpha value is -2.98. The normalized spacial score (nSPS) is 12.4. The van der Waals surface area contributed by atoms with Gasteiger partial charge in [-0.25, -0.2) is 18.4 Å². The van der Waals surface area contributed by atoms with Crippen LogP contribution in [0.3, 0.4) is 0 Å². The zero-order valence-corrected chi connectivity index (χ0v) is 14.3. The third kappa shape index (κ3) is 6.15. The molecule has 11 heteroatoms. The summed E-state index contributed by atoms with van der Waals surface area (Å²) in [5, 5.41) is 24.7. The molecule has 0 aliphatic carbocycles. The molecule has 26 heavy (non-hydrogen) atoms. The molecule has 0 aliphatic rings. The van der Waals surface area contributed by atoms with Gasteiger partial charge in [0.25, 0.3) is 6.43 Å². The van der Waals surface area contributed by atoms with Gasteiger partial charge in [-0.2, -0.15) is 0 Å². The minimum absolute atomic E-state index is 0.287. The van der Waals surface area contributed by atoms with E-state index in [0.717, 1.165) is 12.1 Å². The molecular formula is C15H19F2N3O6. The number of carbonyl (C=O) groups is 2. The van der Waals surface area contributed by atoms with E-state index < -0.39 is 52.8 Å². The van der Waals surface area contributed by atoms with Crippen LogP contribution in [0.15, 0.2) is 18.2 Å². The number of nitro groups is 1. The van der Waals surface area contributed by atoms with Gasteiger partial charge in [0.05, 0.1) is 10.5 Å². The first kappa shape index (κ1) is 21.1. The van der Waals surface area contributed by atoms with E-state index in [4.69, 9.17) is 9.84 Å². The van der Waals surface area contributed by atoms with E-state index in [-0.39, 0.29) is 5.69 Å². The molecule has 9 nitrogen and oxygen atoms in total. The fraction of sp³-hybridized carbons (Fsp3) is 0.467. The summed E-state index contributed by atoms with van der Waals surface area (Å²) in [6.45, 7) is 4.27. The summed E-state index contributed by atoms with van der Waals surface area (Å²) < 4.78 is 30.8. The molecule has 0 aliphatic heterocycles. The first-order valence-electron chi connectivity index (χ1n) is 7.44. The Kier molecular flexibility index (Phi) is 6.81. The first-order chi connectivity index (χ1) is 11.9. The Balaban J connectivity index is 2.94. The van der Waals surface area contributed by atoms with Crippen LogP contribution in [0.25, 0.3) is 0 Å². The number of para-hydroxylation sites is 1. The number of anilines is 1. The second-order valence-corrected chi connectivity index (χ2v) is 6.22. The molecule has 1 rings (SSSR count). The van der Waals surface area contributed by atoms with Gasteiger partial charge in [0.1, 0.15) is 17.3 Å². The number of nitrogens with one attached hydrogen (secondary N) is 2. The molecule has 3 N–H and O–H groups in total. The summed E-state index contributed by atoms with van der Waals surface area (Å²) in [6, 6.07) is 1.74. The van der Waals surface area contributed by atoms with Crippen molar-refractivity contribution in [3.8, 4) is 0 Å². The van der Waals surface area contributed by atoms with Gasteiger partial charge < -0.3 is 20.5 Å². The van der Waals surface area contributed by atoms with Gasteiger partial charge >= 0.3 is 17.7 Å². The average Bonchev–Trinajstić information content (AvgIpc) is 2.48. The van der Waals surface area contributed by atoms with Gasteiger partial charge in [-0.05, 0) is 32.9 Å². The molecule has 0 radical (unpaired) electrons. The van der Waals surface area contributed by atoms with Crippen LogP contribution in [0, 0.1) is 10.1 Å². The minimum Gasteiger partial charge on any atom is -0.480 e. The lowest BCUT2D eigenvalue weighted by Gasteiger charge is -2.22. The third-order valence-corrected chi connectivity index (χ3v) is 2.97. The predicted molar refractivity (Wildman–Crippen MR) is 87.3 cm³/mol. The van der Waals surface area contributed by atoms with Gasteiger partial charge in [-0.1, -0.05) is 6.07 Å². The number of hydrogen-bond acceptors (Lipinski definition) is 6. The maximum absolute atomic E-state index is 12.9. The van der Waals surface area contributed by atoms with Crippen LogP contribution < -0.4 is 10.6 Å². The zero-order chi connectivity index (χ0) is 20.1. The highest BCUT2D eigenvalue weighted by Crippen LogP contribution is 2.34. The number of benzene rings is 1. The van der Waals surface area contributed by atoms with Crippen molar-refractivity contribution in [2.45, 2.75) is 38.8 Å². The van der Waals surface area contributed by atoms with Crippen molar-refractivity contribution in [1.29, 1.82) is 0 Å². The van der Waals surface area contributed by atoms with E-state index >= 15 is 0 Å². The van der Waals surface area contributed by atoms with Crippen molar-refractivity contribution in [2.24, 2.45) is 0 Å². The van der Waals surface area contributed by atoms with E-state index in [1.54, 1.807) is 20.8 Å². The summed E-state index contributed by atoms with van der Waals surface area (Å²) in [5.74, 6) is -1.43. The second kappa shape index (κ2) is 8.41. The Labute approximate surface area is 147 Å². The number of carbonyl (C=O) groups excluding carboxylic acids is 1. The quantitative estimate of drug-likeness (QED) is 0.493. The minimum atomic E-state index is -3.08. The standard InChI is InChI=1S/C15H19F2N3O6/c1-15(2,3)26-14(23)19-10(13(21)22)7-18-9-6-4-5-8(12(16)17)11(9)20(24)25/h4-6,10,12,18H,7H2,1-3H3,(H,19,23)(H,21,22)/t10-/m0/s1. The van der Waals surface area contributed by atoms with Gasteiger partial charge in [-0.3, -0.25) is 10.1 Å². The van der Waals surface area contributed by atoms with Crippen LogP contribution in [-0.4, -0.2) is 40.3 Å². The molecular weight excluding hydrogens is 356 g/mol. The number of alkyl halides is 2. The zero-order valence-electron chi connectivity index (χ0n) is 14.3. The fourth-order valence-electron chi connectivity index (χ4n) is 1.95. The number of carboxylic acid groups (broad SMARTS) is 1. The van der Waals surface area contributed by atoms with Crippen molar-refractivity contribution in [3.05, 3.63) is 33.9 Å². The lowest BCUT2D eigenvalue weighted by Crippen LogP contribution is -2.47. The highest BCUT2D eigenvalue weighted by atomic mass is 19.3. The molecule has 0 unspecified atom stereocenters. The van der Waals surface area contributed by atoms with Gasteiger partial charge in [0.15, 0.2) is 0 Å². The van der Waals surface area contributed by atoms with Crippen LogP contribution in [-0.2, 0) is 9.53 Å². The summed E-state index contributed by atoms with van der Waals surface area (Å²) in [7, 11) is 0. The smallest absolute Gasteiger partial charge is 0.408 e. The number of nitro benzene ring substituents is 1. The number of alkyl carbamates (subject to hydrolysis) is 1. The van der Waals surface area contributed by atoms with Crippen LogP contribution in [0.1, 0.15) is 32.8 Å². The molecule has 1 atom stereocenters. The highest BCUT2D eigenvalue weighted by molar-refractivity contribution is 5.81. The van der Waals surface area contributed by atoms with Crippen molar-refractivity contribution in [1.82, 2.24) is 5.32 Å². The fourth-order valence-corrected chi connectivity index (χ4v) is 1.95. The summed E-state index contributed by atoms with van der Waals surface area (Å²) in [5.41, 5.74) is -2.80. The molecule has 144 valence electrons. The molecule has 0 aromatic heterocycles. The molecule has 0 fully saturated rings. The van der Waals surface area contributed by atoms with E-state index in [1.807, 2.05) is 0 Å². The average molecular weight is 375 g/mol. The van der Waals surface area contributed by atoms with Crippen LogP contribution in [0.4, 0.5) is 25.0 Å². The Morgan fingerprint density at radius 3 is 2.42 bits per heavy atom. The van der Waals surface area contributed by atoms with E-state index in [9.17, 15) is 28.5 Å². The first-order valence-corrected chi connectivity index (χ1v) is 7.44. The summed E-state index contributed by atoms with van der Waals surface area (Å²) in [6.07, 6.45) is -4.07. The third-order valence-electron chi connectivity index (χ3n) is 2.97. The second-order valence-electron chi connectivity index (χ2n) is 6.22. The number of carboxylic acids is 1. The molecule has 1 aromatic carbocycles. The number of aliphatic carboxylic acids is 1. The molecule has 0 saturated carbocycles. The number of ether oxygens (including phenoxy) is 1. The van der Waals surface area contributed by atoms with Gasteiger partial charge in [0, 0.05) is 6.54 Å². The van der Waals surface area contributed by atoms with Crippen molar-refractivity contribution in [3.63, 3.8) is 0 Å². The largest absolute Gasteiger partial charge is 0.480 e. The van der Waals surface area contributed by atoms with E-state index in [0.29, 0.717) is 0 Å². The van der Waals surface area contributed by atoms with Crippen molar-refractivity contribution < 1.29 is 33.1 Å². The Morgan fingerprint density at radius 1 is 1.35 bits per heavy atom. The lowest BCUT2D eigenvalue weighted by atomic mass is 10.1. The molecule has 0 spiro atoms. The predicted octanol–water partition coefficient (Wildman–Crippen LogP) is 2.92. The monoisotopic (exact) mass is 375 g/mol. The van der Waals surface area contributed by atoms with Gasteiger partial charge in [-0.15, -0.1) is 0 Å². The van der Waals surface area contributed by atoms with E-state index in [1.165, 1.54) is 6.07 Å². The van der Waals surface area contributed by atoms with Crippen LogP contribution in [0.2, 0.25) is 0 Å². The van der Waals surface area contributed by atoms with Crippen LogP contribution >= 0.6 is 0 Å². The van der Waals surface area contributed by atoms with Crippen molar-refractivity contribution in [2.75, 3.05) is 11.9 Å². The number of nitrogens with zero attached hydrogens (tertiary/aromatic N) is 1. The highest BCUT2D eigenvalue weighted by Gasteiger charge is 2.28. The maximum atomic E-state index is 12.9. The lowest BCUT2D eigenvalue weighted by molar-refractivity contribution is -0.385. The van der Waals surface area contributed by atoms with Crippen molar-refractivity contribution >= 4 is 23.4 Å². The topological polar surface area (TPSA) is 131 Å². The summed E-state index contributed by atoms with van der Waals surface area (Å²) >= 11 is 0. The summed E-state index contributed by atoms with van der Waals surface area (Å²) in [4.78, 5) is 33.0. The number of hydrogen-bond donors (Lipinski definition) is 3. The number of amides is 1. The van der Waals surface area contributed by atoms with Gasteiger partial charge in [0.2, 0.25) is 0 Å². The SMILES string of the molecule is CC(C)(C)OC(=O)N[C@@H](CNc1cccc(C(F)F)c1[N+](=O)[O-])C(=O)O. The number of halogens is 2. The molecule has 0 saturated heterocycles. The molecule has 0 heterocycles. The van der Waals surface area contributed by atoms with Crippen LogP contribution in [0.5, 0.6) is 0 Å². The maximum Gasteiger partial charge on any atom is 0.408 e. The molecule has 1 aromatic rings.